The molecule has 0 fully saturated rings. The Balaban J connectivity index is 1.74. The summed E-state index contributed by atoms with van der Waals surface area (Å²) in [4.78, 5) is 25.1. The van der Waals surface area contributed by atoms with Crippen molar-refractivity contribution in [2.75, 3.05) is 0 Å². The van der Waals surface area contributed by atoms with Crippen LogP contribution < -0.4 is 5.32 Å². The molecule has 0 radical (unpaired) electrons. The Bertz CT molecular complexity index is 780. The number of nitrogens with one attached hydrogen (secondary N) is 1. The van der Waals surface area contributed by atoms with Gasteiger partial charge in [0.25, 0.3) is 5.91 Å². The van der Waals surface area contributed by atoms with Gasteiger partial charge in [0.15, 0.2) is 0 Å². The number of amides is 1. The number of hydrogen-bond acceptors (Lipinski definition) is 3. The van der Waals surface area contributed by atoms with Gasteiger partial charge in [0.1, 0.15) is 5.60 Å². The van der Waals surface area contributed by atoms with Crippen LogP contribution in [0.15, 0.2) is 48.5 Å². The number of hydrogen-bond donors (Lipinski definition) is 1. The summed E-state index contributed by atoms with van der Waals surface area (Å²) in [5.41, 5.74) is 2.59. The molecule has 4 heteroatoms. The fourth-order valence-electron chi connectivity index (χ4n) is 3.12. The van der Waals surface area contributed by atoms with Gasteiger partial charge >= 0.3 is 5.97 Å². The van der Waals surface area contributed by atoms with Crippen LogP contribution in [-0.4, -0.2) is 23.5 Å². The molecule has 2 aromatic carbocycles. The van der Waals surface area contributed by atoms with Gasteiger partial charge in [-0.05, 0) is 56.9 Å². The van der Waals surface area contributed by atoms with Crippen molar-refractivity contribution < 1.29 is 14.3 Å². The van der Waals surface area contributed by atoms with E-state index >= 15 is 0 Å². The molecule has 4 nitrogen and oxygen atoms in total. The van der Waals surface area contributed by atoms with Gasteiger partial charge in [-0.2, -0.15) is 0 Å². The zero-order chi connectivity index (χ0) is 18.0. The molecule has 1 aliphatic rings. The summed E-state index contributed by atoms with van der Waals surface area (Å²) in [7, 11) is 0. The van der Waals surface area contributed by atoms with E-state index in [4.69, 9.17) is 4.74 Å². The first-order valence-corrected chi connectivity index (χ1v) is 8.53. The molecule has 2 aromatic rings. The quantitative estimate of drug-likeness (QED) is 0.872. The van der Waals surface area contributed by atoms with Gasteiger partial charge < -0.3 is 10.1 Å². The monoisotopic (exact) mass is 337 g/mol. The van der Waals surface area contributed by atoms with Crippen LogP contribution in [0.25, 0.3) is 0 Å². The highest BCUT2D eigenvalue weighted by atomic mass is 16.6. The second-order valence-corrected chi connectivity index (χ2v) is 7.39. The van der Waals surface area contributed by atoms with Crippen molar-refractivity contribution in [1.29, 1.82) is 0 Å². The van der Waals surface area contributed by atoms with Crippen LogP contribution >= 0.6 is 0 Å². The van der Waals surface area contributed by atoms with E-state index < -0.39 is 11.6 Å². The van der Waals surface area contributed by atoms with E-state index in [0.29, 0.717) is 11.1 Å². The molecule has 0 bridgehead atoms. The molecular weight excluding hydrogens is 314 g/mol. The lowest BCUT2D eigenvalue weighted by Gasteiger charge is -2.20. The summed E-state index contributed by atoms with van der Waals surface area (Å²) in [6.07, 6.45) is 1.63. The van der Waals surface area contributed by atoms with Crippen molar-refractivity contribution in [3.8, 4) is 0 Å². The third-order valence-electron chi connectivity index (χ3n) is 4.18. The second kappa shape index (κ2) is 6.71. The summed E-state index contributed by atoms with van der Waals surface area (Å²) in [6.45, 7) is 5.43. The highest BCUT2D eigenvalue weighted by Crippen LogP contribution is 2.22. The van der Waals surface area contributed by atoms with Gasteiger partial charge in [-0.1, -0.05) is 36.4 Å². The molecule has 25 heavy (non-hydrogen) atoms. The number of fused-ring (bicyclic) bond motifs is 1. The third-order valence-corrected chi connectivity index (χ3v) is 4.18. The molecule has 0 aromatic heterocycles. The van der Waals surface area contributed by atoms with E-state index in [0.717, 1.165) is 12.8 Å². The first-order chi connectivity index (χ1) is 11.8. The largest absolute Gasteiger partial charge is 0.456 e. The maximum atomic E-state index is 12.7. The molecule has 1 N–H and O–H groups in total. The molecule has 130 valence electrons. The SMILES string of the molecule is CC(C)(C)OC(=O)c1ccccc1C(=O)NC1Cc2ccccc2C1. The van der Waals surface area contributed by atoms with Crippen LogP contribution in [0.4, 0.5) is 0 Å². The minimum Gasteiger partial charge on any atom is -0.456 e. The smallest absolute Gasteiger partial charge is 0.339 e. The van der Waals surface area contributed by atoms with Crippen molar-refractivity contribution in [3.05, 3.63) is 70.8 Å². The lowest BCUT2D eigenvalue weighted by atomic mass is 10.1. The normalized spacial score (nSPS) is 14.0. The van der Waals surface area contributed by atoms with Crippen molar-refractivity contribution in [2.24, 2.45) is 0 Å². The first-order valence-electron chi connectivity index (χ1n) is 8.53. The second-order valence-electron chi connectivity index (χ2n) is 7.39. The minimum absolute atomic E-state index is 0.0524. The van der Waals surface area contributed by atoms with Gasteiger partial charge in [0, 0.05) is 6.04 Å². The van der Waals surface area contributed by atoms with Crippen LogP contribution in [0.2, 0.25) is 0 Å². The molecule has 1 amide bonds. The van der Waals surface area contributed by atoms with Crippen LogP contribution in [0.5, 0.6) is 0 Å². The van der Waals surface area contributed by atoms with Gasteiger partial charge in [-0.25, -0.2) is 4.79 Å². The maximum Gasteiger partial charge on any atom is 0.339 e. The molecular formula is C21H23NO3. The summed E-state index contributed by atoms with van der Waals surface area (Å²) in [6, 6.07) is 15.1. The number of esters is 1. The zero-order valence-electron chi connectivity index (χ0n) is 14.8. The van der Waals surface area contributed by atoms with Gasteiger partial charge in [0.2, 0.25) is 0 Å². The number of carbonyl (C=O) groups excluding carboxylic acids is 2. The lowest BCUT2D eigenvalue weighted by molar-refractivity contribution is 0.00675. The Kier molecular flexibility index (Phi) is 4.62. The number of rotatable bonds is 3. The Labute approximate surface area is 148 Å². The van der Waals surface area contributed by atoms with Crippen molar-refractivity contribution >= 4 is 11.9 Å². The van der Waals surface area contributed by atoms with Gasteiger partial charge in [-0.15, -0.1) is 0 Å². The summed E-state index contributed by atoms with van der Waals surface area (Å²) >= 11 is 0. The molecule has 0 saturated carbocycles. The van der Waals surface area contributed by atoms with Crippen LogP contribution in [-0.2, 0) is 17.6 Å². The Morgan fingerprint density at radius 3 is 2.00 bits per heavy atom. The lowest BCUT2D eigenvalue weighted by Crippen LogP contribution is -2.36. The van der Waals surface area contributed by atoms with E-state index in [1.165, 1.54) is 11.1 Å². The first kappa shape index (κ1) is 17.2. The van der Waals surface area contributed by atoms with E-state index in [1.54, 1.807) is 24.3 Å². The van der Waals surface area contributed by atoms with E-state index in [9.17, 15) is 9.59 Å². The van der Waals surface area contributed by atoms with Crippen molar-refractivity contribution in [3.63, 3.8) is 0 Å². The Morgan fingerprint density at radius 2 is 1.44 bits per heavy atom. The topological polar surface area (TPSA) is 55.4 Å². The summed E-state index contributed by atoms with van der Waals surface area (Å²) in [5.74, 6) is -0.716. The highest BCUT2D eigenvalue weighted by molar-refractivity contribution is 6.05. The van der Waals surface area contributed by atoms with Crippen LogP contribution in [0.1, 0.15) is 52.6 Å². The zero-order valence-corrected chi connectivity index (χ0v) is 14.8. The number of benzene rings is 2. The summed E-state index contributed by atoms with van der Waals surface area (Å²) < 4.78 is 5.42. The Hall–Kier alpha value is -2.62. The van der Waals surface area contributed by atoms with Crippen molar-refractivity contribution in [1.82, 2.24) is 5.32 Å². The van der Waals surface area contributed by atoms with Gasteiger partial charge in [0.05, 0.1) is 11.1 Å². The molecule has 0 aliphatic heterocycles. The highest BCUT2D eigenvalue weighted by Gasteiger charge is 2.26. The molecule has 3 rings (SSSR count). The standard InChI is InChI=1S/C21H23NO3/c1-21(2,3)25-20(24)18-11-7-6-10-17(18)19(23)22-16-12-14-8-4-5-9-15(14)13-16/h4-11,16H,12-13H2,1-3H3,(H,22,23). The molecule has 0 atom stereocenters. The van der Waals surface area contributed by atoms with E-state index in [-0.39, 0.29) is 11.9 Å². The average molecular weight is 337 g/mol. The molecule has 0 unspecified atom stereocenters. The van der Waals surface area contributed by atoms with E-state index in [2.05, 4.69) is 17.4 Å². The fourth-order valence-corrected chi connectivity index (χ4v) is 3.12. The van der Waals surface area contributed by atoms with Crippen molar-refractivity contribution in [2.45, 2.75) is 45.3 Å². The molecule has 0 heterocycles. The molecule has 0 saturated heterocycles. The maximum absolute atomic E-state index is 12.7. The number of carbonyl (C=O) groups is 2. The van der Waals surface area contributed by atoms with Gasteiger partial charge in [-0.3, -0.25) is 4.79 Å². The number of ether oxygens (including phenoxy) is 1. The predicted molar refractivity (Wildman–Crippen MR) is 96.7 cm³/mol. The van der Waals surface area contributed by atoms with E-state index in [1.807, 2.05) is 32.9 Å². The minimum atomic E-state index is -0.603. The summed E-state index contributed by atoms with van der Waals surface area (Å²) in [5, 5.41) is 3.05. The molecule has 1 aliphatic carbocycles. The Morgan fingerprint density at radius 1 is 0.920 bits per heavy atom. The predicted octanol–water partition coefficient (Wildman–Crippen LogP) is 3.54. The van der Waals surface area contributed by atoms with Crippen LogP contribution in [0.3, 0.4) is 0 Å². The average Bonchev–Trinajstić information content (AvgIpc) is 2.95. The van der Waals surface area contributed by atoms with Crippen LogP contribution in [0, 0.1) is 0 Å². The fraction of sp³-hybridized carbons (Fsp3) is 0.333. The molecule has 0 spiro atoms. The third kappa shape index (κ3) is 4.08.